The highest BCUT2D eigenvalue weighted by molar-refractivity contribution is 7.80. The van der Waals surface area contributed by atoms with Crippen molar-refractivity contribution in [3.63, 3.8) is 0 Å². The molecule has 29 heavy (non-hydrogen) atoms. The molecule has 0 bridgehead atoms. The molecule has 4 aromatic rings. The highest BCUT2D eigenvalue weighted by Crippen LogP contribution is 2.34. The van der Waals surface area contributed by atoms with Gasteiger partial charge in [0.25, 0.3) is 0 Å². The van der Waals surface area contributed by atoms with Gasteiger partial charge < -0.3 is 15.6 Å². The van der Waals surface area contributed by atoms with E-state index in [9.17, 15) is 0 Å². The molecule has 0 unspecified atom stereocenters. The Hall–Kier alpha value is -2.82. The summed E-state index contributed by atoms with van der Waals surface area (Å²) in [5, 5.41) is 9.18. The number of aromatic amines is 1. The van der Waals surface area contributed by atoms with Gasteiger partial charge in [0.1, 0.15) is 0 Å². The molecule has 0 aliphatic carbocycles. The quantitative estimate of drug-likeness (QED) is 0.335. The number of aromatic nitrogens is 1. The van der Waals surface area contributed by atoms with Crippen LogP contribution in [0.1, 0.15) is 22.6 Å². The summed E-state index contributed by atoms with van der Waals surface area (Å²) in [5.41, 5.74) is 5.54. The summed E-state index contributed by atoms with van der Waals surface area (Å²) in [5.74, 6) is 0.0529. The van der Waals surface area contributed by atoms with Crippen molar-refractivity contribution < 1.29 is 0 Å². The summed E-state index contributed by atoms with van der Waals surface area (Å²) in [6.07, 6.45) is 2.07. The van der Waals surface area contributed by atoms with Crippen LogP contribution in [-0.4, -0.2) is 16.6 Å². The van der Waals surface area contributed by atoms with Gasteiger partial charge in [-0.05, 0) is 60.1 Å². The first-order chi connectivity index (χ1) is 14.1. The van der Waals surface area contributed by atoms with Crippen molar-refractivity contribution in [3.8, 4) is 0 Å². The van der Waals surface area contributed by atoms with Crippen LogP contribution in [0.25, 0.3) is 10.9 Å². The average molecular weight is 420 g/mol. The summed E-state index contributed by atoms with van der Waals surface area (Å²) in [6, 6.07) is 24.4. The molecule has 1 heterocycles. The van der Waals surface area contributed by atoms with Crippen LogP contribution in [0.15, 0.2) is 79.0 Å². The van der Waals surface area contributed by atoms with Crippen molar-refractivity contribution in [1.29, 1.82) is 0 Å². The SMILES string of the molecule is Cc1cccc(NC(=S)NC[C@@H](c2ccccc2Cl)c2c[nH]c3ccccc23)c1. The normalized spacial score (nSPS) is 11.9. The molecule has 0 fully saturated rings. The number of rotatable bonds is 5. The third-order valence-corrected chi connectivity index (χ3v) is 5.61. The van der Waals surface area contributed by atoms with E-state index in [2.05, 4.69) is 65.1 Å². The summed E-state index contributed by atoms with van der Waals surface area (Å²) in [7, 11) is 0. The van der Waals surface area contributed by atoms with Gasteiger partial charge in [0.05, 0.1) is 0 Å². The minimum Gasteiger partial charge on any atom is -0.361 e. The fraction of sp³-hybridized carbons (Fsp3) is 0.125. The fourth-order valence-electron chi connectivity index (χ4n) is 3.62. The highest BCUT2D eigenvalue weighted by Gasteiger charge is 2.20. The Balaban J connectivity index is 1.59. The lowest BCUT2D eigenvalue weighted by molar-refractivity contribution is 0.766. The number of benzene rings is 3. The van der Waals surface area contributed by atoms with Gasteiger partial charge in [0.15, 0.2) is 5.11 Å². The van der Waals surface area contributed by atoms with Gasteiger partial charge in [-0.25, -0.2) is 0 Å². The Morgan fingerprint density at radius 2 is 1.79 bits per heavy atom. The van der Waals surface area contributed by atoms with Crippen LogP contribution in [0.4, 0.5) is 5.69 Å². The molecule has 5 heteroatoms. The van der Waals surface area contributed by atoms with Gasteiger partial charge in [-0.2, -0.15) is 0 Å². The van der Waals surface area contributed by atoms with Crippen molar-refractivity contribution in [3.05, 3.63) is 101 Å². The van der Waals surface area contributed by atoms with E-state index in [-0.39, 0.29) is 5.92 Å². The van der Waals surface area contributed by atoms with E-state index in [0.29, 0.717) is 11.7 Å². The molecular formula is C24H22ClN3S. The zero-order valence-corrected chi connectivity index (χ0v) is 17.6. The molecule has 3 N–H and O–H groups in total. The molecule has 146 valence electrons. The lowest BCUT2D eigenvalue weighted by Crippen LogP contribution is -2.32. The first-order valence-electron chi connectivity index (χ1n) is 9.54. The van der Waals surface area contributed by atoms with Gasteiger partial charge in [-0.3, -0.25) is 0 Å². The third kappa shape index (κ3) is 4.44. The molecule has 0 spiro atoms. The summed E-state index contributed by atoms with van der Waals surface area (Å²) >= 11 is 12.1. The van der Waals surface area contributed by atoms with Crippen LogP contribution in [0.2, 0.25) is 5.02 Å². The second-order valence-electron chi connectivity index (χ2n) is 7.07. The van der Waals surface area contributed by atoms with Gasteiger partial charge in [-0.15, -0.1) is 0 Å². The standard InChI is InChI=1S/C24H22ClN3S/c1-16-7-6-8-17(13-16)28-24(29)27-15-20(18-9-2-4-11-22(18)25)21-14-26-23-12-5-3-10-19(21)23/h2-14,20,26H,15H2,1H3,(H2,27,28,29)/t20-/m0/s1. The van der Waals surface area contributed by atoms with E-state index < -0.39 is 0 Å². The molecule has 4 rings (SSSR count). The van der Waals surface area contributed by atoms with Crippen LogP contribution < -0.4 is 10.6 Å². The maximum Gasteiger partial charge on any atom is 0.170 e. The number of para-hydroxylation sites is 1. The van der Waals surface area contributed by atoms with E-state index in [4.69, 9.17) is 23.8 Å². The lowest BCUT2D eigenvalue weighted by atomic mass is 9.91. The Labute approximate surface area is 181 Å². The molecule has 3 nitrogen and oxygen atoms in total. The second-order valence-corrected chi connectivity index (χ2v) is 7.88. The van der Waals surface area contributed by atoms with Crippen molar-refractivity contribution in [1.82, 2.24) is 10.3 Å². The number of aryl methyl sites for hydroxylation is 1. The number of nitrogens with one attached hydrogen (secondary N) is 3. The Morgan fingerprint density at radius 1 is 1.00 bits per heavy atom. The molecule has 3 aromatic carbocycles. The summed E-state index contributed by atoms with van der Waals surface area (Å²) in [6.45, 7) is 2.69. The van der Waals surface area contributed by atoms with Gasteiger partial charge in [-0.1, -0.05) is 60.1 Å². The van der Waals surface area contributed by atoms with E-state index in [1.807, 2.05) is 36.4 Å². The van der Waals surface area contributed by atoms with E-state index >= 15 is 0 Å². The van der Waals surface area contributed by atoms with Crippen LogP contribution in [0.5, 0.6) is 0 Å². The Morgan fingerprint density at radius 3 is 2.62 bits per heavy atom. The highest BCUT2D eigenvalue weighted by atomic mass is 35.5. The monoisotopic (exact) mass is 419 g/mol. The minimum absolute atomic E-state index is 0.0529. The first kappa shape index (κ1) is 19.5. The smallest absolute Gasteiger partial charge is 0.170 e. The predicted octanol–water partition coefficient (Wildman–Crippen LogP) is 6.25. The number of anilines is 1. The van der Waals surface area contributed by atoms with E-state index in [1.54, 1.807) is 0 Å². The molecule has 1 aromatic heterocycles. The summed E-state index contributed by atoms with van der Waals surface area (Å²) in [4.78, 5) is 3.37. The fourth-order valence-corrected chi connectivity index (χ4v) is 4.09. The Kier molecular flexibility index (Phi) is 5.84. The van der Waals surface area contributed by atoms with Crippen molar-refractivity contribution >= 4 is 45.5 Å². The van der Waals surface area contributed by atoms with Crippen molar-refractivity contribution in [2.24, 2.45) is 0 Å². The molecule has 1 atom stereocenters. The van der Waals surface area contributed by atoms with Gasteiger partial charge in [0, 0.05) is 40.3 Å². The Bertz CT molecular complexity index is 1150. The van der Waals surface area contributed by atoms with E-state index in [0.717, 1.165) is 21.8 Å². The molecular weight excluding hydrogens is 398 g/mol. The lowest BCUT2D eigenvalue weighted by Gasteiger charge is -2.21. The van der Waals surface area contributed by atoms with Crippen molar-refractivity contribution in [2.45, 2.75) is 12.8 Å². The van der Waals surface area contributed by atoms with Gasteiger partial charge in [0.2, 0.25) is 0 Å². The number of H-pyrrole nitrogens is 1. The minimum atomic E-state index is 0.0529. The van der Waals surface area contributed by atoms with Gasteiger partial charge >= 0.3 is 0 Å². The maximum absolute atomic E-state index is 6.56. The van der Waals surface area contributed by atoms with Crippen molar-refractivity contribution in [2.75, 3.05) is 11.9 Å². The molecule has 0 aliphatic heterocycles. The average Bonchev–Trinajstić information content (AvgIpc) is 3.13. The van der Waals surface area contributed by atoms with Crippen LogP contribution in [0, 0.1) is 6.92 Å². The molecule has 0 radical (unpaired) electrons. The largest absolute Gasteiger partial charge is 0.361 e. The number of hydrogen-bond donors (Lipinski definition) is 3. The van der Waals surface area contributed by atoms with Crippen LogP contribution in [0.3, 0.4) is 0 Å². The number of fused-ring (bicyclic) bond motifs is 1. The number of thiocarbonyl (C=S) groups is 1. The topological polar surface area (TPSA) is 39.8 Å². The molecule has 0 saturated heterocycles. The van der Waals surface area contributed by atoms with E-state index in [1.165, 1.54) is 16.5 Å². The zero-order valence-electron chi connectivity index (χ0n) is 16.1. The number of halogens is 1. The second kappa shape index (κ2) is 8.68. The summed E-state index contributed by atoms with van der Waals surface area (Å²) < 4.78 is 0. The first-order valence-corrected chi connectivity index (χ1v) is 10.3. The van der Waals surface area contributed by atoms with Crippen LogP contribution >= 0.6 is 23.8 Å². The predicted molar refractivity (Wildman–Crippen MR) is 127 cm³/mol. The maximum atomic E-state index is 6.56. The zero-order chi connectivity index (χ0) is 20.2. The third-order valence-electron chi connectivity index (χ3n) is 5.02. The molecule has 0 aliphatic rings. The molecule has 0 saturated carbocycles. The molecule has 0 amide bonds. The van der Waals surface area contributed by atoms with Crippen LogP contribution in [-0.2, 0) is 0 Å². The number of hydrogen-bond acceptors (Lipinski definition) is 1.